The van der Waals surface area contributed by atoms with Gasteiger partial charge in [0.25, 0.3) is 0 Å². The van der Waals surface area contributed by atoms with Crippen LogP contribution in [0.15, 0.2) is 40.9 Å². The molecule has 3 aliphatic rings. The topological polar surface area (TPSA) is 103 Å². The summed E-state index contributed by atoms with van der Waals surface area (Å²) < 4.78 is 21.8. The standard InChI is InChI=1S/C21H21N3O6/c1-11-6-16(23-30-11)24-10-21-5-4-15(29-21)17(18(21)20(24)26)19(25)22-12-7-13(27-2)9-14(8-12)28-3/h4-9,15,17-18H,10H2,1-3H3,(H,22,25)/t15-,17+,18+,21-/m1/s1. The number of carbonyl (C=O) groups is 2. The summed E-state index contributed by atoms with van der Waals surface area (Å²) in [4.78, 5) is 28.0. The molecular formula is C21H21N3O6. The quantitative estimate of drug-likeness (QED) is 0.750. The minimum atomic E-state index is -0.831. The summed E-state index contributed by atoms with van der Waals surface area (Å²) in [5.41, 5.74) is -0.311. The van der Waals surface area contributed by atoms with Crippen LogP contribution in [-0.4, -0.2) is 49.4 Å². The maximum Gasteiger partial charge on any atom is 0.235 e. The maximum absolute atomic E-state index is 13.3. The lowest BCUT2D eigenvalue weighted by atomic mass is 9.77. The molecule has 2 fully saturated rings. The normalized spacial score (nSPS) is 28.7. The largest absolute Gasteiger partial charge is 0.497 e. The minimum Gasteiger partial charge on any atom is -0.497 e. The van der Waals surface area contributed by atoms with E-state index in [2.05, 4.69) is 10.5 Å². The van der Waals surface area contributed by atoms with Crippen molar-refractivity contribution < 1.29 is 28.3 Å². The van der Waals surface area contributed by atoms with Crippen molar-refractivity contribution in [3.05, 3.63) is 42.2 Å². The van der Waals surface area contributed by atoms with Gasteiger partial charge in [-0.15, -0.1) is 0 Å². The summed E-state index contributed by atoms with van der Waals surface area (Å²) in [6.07, 6.45) is 3.30. The predicted molar refractivity (Wildman–Crippen MR) is 105 cm³/mol. The monoisotopic (exact) mass is 411 g/mol. The smallest absolute Gasteiger partial charge is 0.235 e. The summed E-state index contributed by atoms with van der Waals surface area (Å²) in [6.45, 7) is 2.06. The van der Waals surface area contributed by atoms with Crippen molar-refractivity contribution in [1.82, 2.24) is 5.16 Å². The van der Waals surface area contributed by atoms with Crippen LogP contribution >= 0.6 is 0 Å². The summed E-state index contributed by atoms with van der Waals surface area (Å²) in [5.74, 6) is 0.364. The molecule has 2 aromatic rings. The van der Waals surface area contributed by atoms with Crippen molar-refractivity contribution in [2.45, 2.75) is 18.6 Å². The molecule has 1 N–H and O–H groups in total. The van der Waals surface area contributed by atoms with Gasteiger partial charge in [0.1, 0.15) is 22.9 Å². The van der Waals surface area contributed by atoms with E-state index in [1.807, 2.05) is 12.2 Å². The number of nitrogens with one attached hydrogen (secondary N) is 1. The highest BCUT2D eigenvalue weighted by Gasteiger charge is 2.67. The van der Waals surface area contributed by atoms with Gasteiger partial charge in [0.05, 0.1) is 38.7 Å². The third kappa shape index (κ3) is 2.69. The number of anilines is 2. The van der Waals surface area contributed by atoms with Crippen LogP contribution < -0.4 is 19.7 Å². The van der Waals surface area contributed by atoms with Crippen molar-refractivity contribution in [2.75, 3.05) is 31.0 Å². The number of hydrogen-bond donors (Lipinski definition) is 1. The SMILES string of the molecule is COc1cc(NC(=O)[C@@H]2[C@H]3C(=O)N(c4cc(C)on4)C[C@]34C=C[C@H]2O4)cc(OC)c1. The fourth-order valence-electron chi connectivity index (χ4n) is 4.58. The van der Waals surface area contributed by atoms with Gasteiger partial charge in [0, 0.05) is 30.0 Å². The number of methoxy groups -OCH3 is 2. The average molecular weight is 411 g/mol. The van der Waals surface area contributed by atoms with E-state index in [1.54, 1.807) is 31.2 Å². The van der Waals surface area contributed by atoms with Crippen molar-refractivity contribution in [1.29, 1.82) is 0 Å². The first-order valence-corrected chi connectivity index (χ1v) is 9.60. The lowest BCUT2D eigenvalue weighted by molar-refractivity contribution is -0.128. The van der Waals surface area contributed by atoms with E-state index in [1.165, 1.54) is 19.1 Å². The number of nitrogens with zero attached hydrogens (tertiary/aromatic N) is 2. The maximum atomic E-state index is 13.3. The Morgan fingerprint density at radius 3 is 2.60 bits per heavy atom. The minimum absolute atomic E-state index is 0.196. The van der Waals surface area contributed by atoms with Gasteiger partial charge in [0.2, 0.25) is 11.8 Å². The summed E-state index contributed by atoms with van der Waals surface area (Å²) in [7, 11) is 3.08. The zero-order chi connectivity index (χ0) is 21.0. The number of amides is 2. The van der Waals surface area contributed by atoms with E-state index in [-0.39, 0.29) is 11.8 Å². The van der Waals surface area contributed by atoms with Crippen LogP contribution in [0.5, 0.6) is 11.5 Å². The fourth-order valence-corrected chi connectivity index (χ4v) is 4.58. The molecule has 4 atom stereocenters. The van der Waals surface area contributed by atoms with E-state index in [9.17, 15) is 9.59 Å². The molecule has 0 unspecified atom stereocenters. The van der Waals surface area contributed by atoms with Gasteiger partial charge in [-0.3, -0.25) is 14.5 Å². The van der Waals surface area contributed by atoms with Gasteiger partial charge < -0.3 is 24.1 Å². The molecule has 2 amide bonds. The Bertz CT molecular complexity index is 1040. The van der Waals surface area contributed by atoms with Gasteiger partial charge in [-0.1, -0.05) is 17.3 Å². The molecule has 1 spiro atoms. The van der Waals surface area contributed by atoms with Crippen molar-refractivity contribution in [2.24, 2.45) is 11.8 Å². The summed E-state index contributed by atoms with van der Waals surface area (Å²) in [5, 5.41) is 6.84. The number of benzene rings is 1. The second-order valence-electron chi connectivity index (χ2n) is 7.71. The molecule has 1 aromatic carbocycles. The lowest BCUT2D eigenvalue weighted by Crippen LogP contribution is -2.41. The fraction of sp³-hybridized carbons (Fsp3) is 0.381. The van der Waals surface area contributed by atoms with Crippen LogP contribution in [-0.2, 0) is 14.3 Å². The Morgan fingerprint density at radius 2 is 1.97 bits per heavy atom. The molecule has 9 heteroatoms. The van der Waals surface area contributed by atoms with E-state index < -0.39 is 23.5 Å². The second kappa shape index (κ2) is 6.60. The van der Waals surface area contributed by atoms with E-state index in [4.69, 9.17) is 18.7 Å². The Balaban J connectivity index is 1.42. The molecule has 0 radical (unpaired) electrons. The molecule has 0 saturated carbocycles. The van der Waals surface area contributed by atoms with Gasteiger partial charge >= 0.3 is 0 Å². The molecule has 156 valence electrons. The molecular weight excluding hydrogens is 390 g/mol. The Labute approximate surface area is 172 Å². The first-order valence-electron chi connectivity index (χ1n) is 9.60. The molecule has 4 heterocycles. The number of ether oxygens (including phenoxy) is 3. The molecule has 2 bridgehead atoms. The highest BCUT2D eigenvalue weighted by Crippen LogP contribution is 2.52. The van der Waals surface area contributed by atoms with E-state index in [0.717, 1.165) is 0 Å². The first kappa shape index (κ1) is 18.7. The Kier molecular flexibility index (Phi) is 4.11. The summed E-state index contributed by atoms with van der Waals surface area (Å²) in [6, 6.07) is 6.80. The van der Waals surface area contributed by atoms with Crippen LogP contribution in [0.4, 0.5) is 11.5 Å². The van der Waals surface area contributed by atoms with Gasteiger partial charge in [-0.05, 0) is 6.92 Å². The lowest BCUT2D eigenvalue weighted by Gasteiger charge is -2.23. The number of aromatic nitrogens is 1. The van der Waals surface area contributed by atoms with E-state index >= 15 is 0 Å². The zero-order valence-corrected chi connectivity index (χ0v) is 16.7. The third-order valence-electron chi connectivity index (χ3n) is 5.91. The van der Waals surface area contributed by atoms with E-state index in [0.29, 0.717) is 35.3 Å². The van der Waals surface area contributed by atoms with Crippen LogP contribution in [0.3, 0.4) is 0 Å². The molecule has 9 nitrogen and oxygen atoms in total. The second-order valence-corrected chi connectivity index (χ2v) is 7.71. The number of rotatable bonds is 5. The van der Waals surface area contributed by atoms with Gasteiger partial charge in [0.15, 0.2) is 5.82 Å². The van der Waals surface area contributed by atoms with Gasteiger partial charge in [-0.2, -0.15) is 0 Å². The molecule has 5 rings (SSSR count). The van der Waals surface area contributed by atoms with Crippen molar-refractivity contribution in [3.63, 3.8) is 0 Å². The molecule has 30 heavy (non-hydrogen) atoms. The molecule has 3 aliphatic heterocycles. The number of carbonyl (C=O) groups excluding carboxylic acids is 2. The van der Waals surface area contributed by atoms with Crippen LogP contribution in [0.25, 0.3) is 0 Å². The van der Waals surface area contributed by atoms with Crippen molar-refractivity contribution in [3.8, 4) is 11.5 Å². The molecule has 2 saturated heterocycles. The van der Waals surface area contributed by atoms with Crippen LogP contribution in [0, 0.1) is 18.8 Å². The third-order valence-corrected chi connectivity index (χ3v) is 5.91. The summed E-state index contributed by atoms with van der Waals surface area (Å²) >= 11 is 0. The number of aryl methyl sites for hydroxylation is 1. The number of fused-ring (bicyclic) bond motifs is 1. The Morgan fingerprint density at radius 1 is 1.23 bits per heavy atom. The van der Waals surface area contributed by atoms with Crippen LogP contribution in [0.1, 0.15) is 5.76 Å². The zero-order valence-electron chi connectivity index (χ0n) is 16.7. The molecule has 0 aliphatic carbocycles. The van der Waals surface area contributed by atoms with Crippen molar-refractivity contribution >= 4 is 23.3 Å². The molecule has 1 aromatic heterocycles. The number of hydrogen-bond acceptors (Lipinski definition) is 7. The van der Waals surface area contributed by atoms with Gasteiger partial charge in [-0.25, -0.2) is 0 Å². The predicted octanol–water partition coefficient (Wildman–Crippen LogP) is 1.93. The van der Waals surface area contributed by atoms with Crippen LogP contribution in [0.2, 0.25) is 0 Å². The highest BCUT2D eigenvalue weighted by atomic mass is 16.5. The Hall–Kier alpha value is -3.33. The average Bonchev–Trinajstić information content (AvgIpc) is 3.48. The highest BCUT2D eigenvalue weighted by molar-refractivity contribution is 6.05. The first-order chi connectivity index (χ1) is 14.4.